The fourth-order valence-electron chi connectivity index (χ4n) is 1.81. The number of halogens is 3. The molecule has 2 aromatic rings. The van der Waals surface area contributed by atoms with E-state index in [0.717, 1.165) is 10.2 Å². The van der Waals surface area contributed by atoms with Crippen molar-refractivity contribution < 1.29 is 4.39 Å². The van der Waals surface area contributed by atoms with Gasteiger partial charge in [-0.25, -0.2) is 9.07 Å². The Morgan fingerprint density at radius 2 is 2.06 bits per heavy atom. The van der Waals surface area contributed by atoms with Crippen LogP contribution in [0.1, 0.15) is 24.2 Å². The number of nitrogens with zero attached hydrogens (tertiary/aromatic N) is 2. The minimum absolute atomic E-state index is 0.261. The first kappa shape index (κ1) is 13.5. The lowest BCUT2D eigenvalue weighted by Crippen LogP contribution is -2.13. The number of hydrogen-bond donors (Lipinski definition) is 1. The summed E-state index contributed by atoms with van der Waals surface area (Å²) in [5, 5.41) is 4.32. The van der Waals surface area contributed by atoms with E-state index in [1.807, 2.05) is 13.8 Å². The fourth-order valence-corrected chi connectivity index (χ4v) is 2.41. The van der Waals surface area contributed by atoms with Gasteiger partial charge in [0, 0.05) is 10.0 Å². The van der Waals surface area contributed by atoms with Crippen LogP contribution in [0.2, 0.25) is 0 Å². The SMILES string of the molecule is Cc1nn(C(C)c2ccc(Br)cc2F)c(N)c1Br. The average molecular weight is 377 g/mol. The normalized spacial score (nSPS) is 12.7. The molecule has 6 heteroatoms. The highest BCUT2D eigenvalue weighted by Gasteiger charge is 2.19. The van der Waals surface area contributed by atoms with E-state index >= 15 is 0 Å². The molecule has 0 aliphatic heterocycles. The molecule has 2 rings (SSSR count). The minimum Gasteiger partial charge on any atom is -0.383 e. The van der Waals surface area contributed by atoms with Crippen molar-refractivity contribution in [2.75, 3.05) is 5.73 Å². The third-order valence-electron chi connectivity index (χ3n) is 2.83. The van der Waals surface area contributed by atoms with Crippen LogP contribution in [0.5, 0.6) is 0 Å². The zero-order valence-electron chi connectivity index (χ0n) is 9.92. The monoisotopic (exact) mass is 375 g/mol. The van der Waals surface area contributed by atoms with Crippen LogP contribution in [-0.4, -0.2) is 9.78 Å². The van der Waals surface area contributed by atoms with E-state index in [1.165, 1.54) is 6.07 Å². The number of aromatic nitrogens is 2. The molecule has 0 aliphatic carbocycles. The van der Waals surface area contributed by atoms with Gasteiger partial charge in [0.15, 0.2) is 0 Å². The molecular weight excluding hydrogens is 365 g/mol. The number of aryl methyl sites for hydroxylation is 1. The van der Waals surface area contributed by atoms with Crippen molar-refractivity contribution in [1.29, 1.82) is 0 Å². The number of benzene rings is 1. The van der Waals surface area contributed by atoms with E-state index in [2.05, 4.69) is 37.0 Å². The summed E-state index contributed by atoms with van der Waals surface area (Å²) in [6.45, 7) is 3.71. The second-order valence-corrected chi connectivity index (χ2v) is 5.78. The maximum absolute atomic E-state index is 13.9. The molecule has 18 heavy (non-hydrogen) atoms. The van der Waals surface area contributed by atoms with Gasteiger partial charge < -0.3 is 5.73 Å². The number of nitrogen functional groups attached to an aromatic ring is 1. The molecule has 3 nitrogen and oxygen atoms in total. The molecule has 0 spiro atoms. The summed E-state index contributed by atoms with van der Waals surface area (Å²) in [6.07, 6.45) is 0. The maximum Gasteiger partial charge on any atom is 0.137 e. The molecule has 0 aliphatic rings. The molecule has 0 saturated heterocycles. The van der Waals surface area contributed by atoms with Crippen LogP contribution in [0.4, 0.5) is 10.2 Å². The van der Waals surface area contributed by atoms with E-state index in [0.29, 0.717) is 15.9 Å². The molecular formula is C12H12Br2FN3. The molecule has 1 heterocycles. The number of hydrogen-bond acceptors (Lipinski definition) is 2. The molecule has 1 aromatic heterocycles. The van der Waals surface area contributed by atoms with Crippen molar-refractivity contribution in [3.8, 4) is 0 Å². The zero-order valence-corrected chi connectivity index (χ0v) is 13.1. The molecule has 2 N–H and O–H groups in total. The second-order valence-electron chi connectivity index (χ2n) is 4.07. The Morgan fingerprint density at radius 1 is 1.39 bits per heavy atom. The van der Waals surface area contributed by atoms with Gasteiger partial charge in [0.2, 0.25) is 0 Å². The highest BCUT2D eigenvalue weighted by atomic mass is 79.9. The Labute approximate surface area is 121 Å². The lowest BCUT2D eigenvalue weighted by molar-refractivity contribution is 0.524. The Morgan fingerprint density at radius 3 is 2.56 bits per heavy atom. The van der Waals surface area contributed by atoms with Gasteiger partial charge in [0.05, 0.1) is 16.2 Å². The van der Waals surface area contributed by atoms with Crippen LogP contribution in [0, 0.1) is 12.7 Å². The first-order chi connectivity index (χ1) is 8.41. The van der Waals surface area contributed by atoms with Crippen molar-refractivity contribution in [3.63, 3.8) is 0 Å². The average Bonchev–Trinajstić information content (AvgIpc) is 2.56. The highest BCUT2D eigenvalue weighted by Crippen LogP contribution is 2.30. The van der Waals surface area contributed by atoms with Crippen molar-refractivity contribution in [2.45, 2.75) is 19.9 Å². The van der Waals surface area contributed by atoms with Gasteiger partial charge in [-0.05, 0) is 41.9 Å². The molecule has 96 valence electrons. The molecule has 0 bridgehead atoms. The van der Waals surface area contributed by atoms with E-state index in [1.54, 1.807) is 16.8 Å². The van der Waals surface area contributed by atoms with Gasteiger partial charge in [-0.15, -0.1) is 0 Å². The summed E-state index contributed by atoms with van der Waals surface area (Å²) in [7, 11) is 0. The van der Waals surface area contributed by atoms with Gasteiger partial charge >= 0.3 is 0 Å². The Bertz CT molecular complexity index is 595. The number of nitrogens with two attached hydrogens (primary N) is 1. The second kappa shape index (κ2) is 5.01. The van der Waals surface area contributed by atoms with Crippen LogP contribution in [0.25, 0.3) is 0 Å². The summed E-state index contributed by atoms with van der Waals surface area (Å²) in [6, 6.07) is 4.71. The quantitative estimate of drug-likeness (QED) is 0.859. The highest BCUT2D eigenvalue weighted by molar-refractivity contribution is 9.11. The van der Waals surface area contributed by atoms with Gasteiger partial charge in [0.25, 0.3) is 0 Å². The number of anilines is 1. The summed E-state index contributed by atoms with van der Waals surface area (Å²) < 4.78 is 17.0. The third kappa shape index (κ3) is 2.31. The lowest BCUT2D eigenvalue weighted by atomic mass is 10.1. The zero-order chi connectivity index (χ0) is 13.4. The molecule has 0 fully saturated rings. The molecule has 0 radical (unpaired) electrons. The first-order valence-corrected chi connectivity index (χ1v) is 6.95. The molecule has 1 atom stereocenters. The summed E-state index contributed by atoms with van der Waals surface area (Å²) >= 11 is 6.60. The van der Waals surface area contributed by atoms with Crippen molar-refractivity contribution >= 4 is 37.7 Å². The van der Waals surface area contributed by atoms with Gasteiger partial charge in [-0.1, -0.05) is 22.0 Å². The van der Waals surface area contributed by atoms with E-state index in [4.69, 9.17) is 5.73 Å². The van der Waals surface area contributed by atoms with Gasteiger partial charge in [-0.3, -0.25) is 0 Å². The van der Waals surface area contributed by atoms with Gasteiger partial charge in [-0.2, -0.15) is 5.10 Å². The predicted molar refractivity (Wildman–Crippen MR) is 77.0 cm³/mol. The summed E-state index contributed by atoms with van der Waals surface area (Å²) in [5.74, 6) is 0.225. The first-order valence-electron chi connectivity index (χ1n) is 5.37. The molecule has 0 amide bonds. The fraction of sp³-hybridized carbons (Fsp3) is 0.250. The van der Waals surface area contributed by atoms with Crippen LogP contribution >= 0.6 is 31.9 Å². The molecule has 1 aromatic carbocycles. The molecule has 1 unspecified atom stereocenters. The van der Waals surface area contributed by atoms with Crippen LogP contribution < -0.4 is 5.73 Å². The van der Waals surface area contributed by atoms with Gasteiger partial charge in [0.1, 0.15) is 11.6 Å². The standard InChI is InChI=1S/C12H12Br2FN3/c1-6-11(14)12(16)18(17-6)7(2)9-4-3-8(13)5-10(9)15/h3-5,7H,16H2,1-2H3. The van der Waals surface area contributed by atoms with Crippen molar-refractivity contribution in [3.05, 3.63) is 44.2 Å². The third-order valence-corrected chi connectivity index (χ3v) is 4.30. The van der Waals surface area contributed by atoms with Crippen LogP contribution in [-0.2, 0) is 0 Å². The van der Waals surface area contributed by atoms with Crippen molar-refractivity contribution in [1.82, 2.24) is 9.78 Å². The van der Waals surface area contributed by atoms with Crippen LogP contribution in [0.3, 0.4) is 0 Å². The Hall–Kier alpha value is -0.880. The molecule has 0 saturated carbocycles. The van der Waals surface area contributed by atoms with Crippen molar-refractivity contribution in [2.24, 2.45) is 0 Å². The van der Waals surface area contributed by atoms with Crippen LogP contribution in [0.15, 0.2) is 27.1 Å². The predicted octanol–water partition coefficient (Wildman–Crippen LogP) is 4.05. The van der Waals surface area contributed by atoms with E-state index < -0.39 is 0 Å². The minimum atomic E-state index is -0.277. The topological polar surface area (TPSA) is 43.8 Å². The largest absolute Gasteiger partial charge is 0.383 e. The maximum atomic E-state index is 13.9. The Balaban J connectivity index is 2.47. The summed E-state index contributed by atoms with van der Waals surface area (Å²) in [5.41, 5.74) is 7.29. The van der Waals surface area contributed by atoms with E-state index in [-0.39, 0.29) is 11.9 Å². The number of rotatable bonds is 2. The Kier molecular flexibility index (Phi) is 3.77. The van der Waals surface area contributed by atoms with E-state index in [9.17, 15) is 4.39 Å². The summed E-state index contributed by atoms with van der Waals surface area (Å²) in [4.78, 5) is 0. The lowest BCUT2D eigenvalue weighted by Gasteiger charge is -2.15. The smallest absolute Gasteiger partial charge is 0.137 e.